The molecule has 0 saturated heterocycles. The van der Waals surface area contributed by atoms with Gasteiger partial charge in [0.15, 0.2) is 0 Å². The minimum absolute atomic E-state index is 0.0160. The third-order valence-electron chi connectivity index (χ3n) is 3.40. The minimum Gasteiger partial charge on any atom is -0.491 e. The van der Waals surface area contributed by atoms with Gasteiger partial charge >= 0.3 is 5.97 Å². The molecule has 1 aromatic carbocycles. The van der Waals surface area contributed by atoms with Crippen LogP contribution < -0.4 is 10.1 Å². The number of methoxy groups -OCH3 is 1. The Morgan fingerprint density at radius 2 is 1.80 bits per heavy atom. The summed E-state index contributed by atoms with van der Waals surface area (Å²) in [7, 11) is 3.09. The molecule has 0 heterocycles. The number of para-hydroxylation sites is 1. The molecule has 0 saturated carbocycles. The minimum atomic E-state index is -0.861. The van der Waals surface area contributed by atoms with Crippen molar-refractivity contribution in [3.8, 4) is 5.75 Å². The van der Waals surface area contributed by atoms with Gasteiger partial charge in [0.05, 0.1) is 7.11 Å². The summed E-state index contributed by atoms with van der Waals surface area (Å²) in [6.45, 7) is 8.37. The van der Waals surface area contributed by atoms with E-state index in [2.05, 4.69) is 26.1 Å². The maximum atomic E-state index is 11.8. The zero-order valence-corrected chi connectivity index (χ0v) is 13.2. The standard InChI is InChI=1S/C16H25NO3/c1-15(2,3)12-9-7-8-10-13(12)20-11-16(4,17-5)14(18)19-6/h7-10,17H,11H2,1-6H3. The fourth-order valence-corrected chi connectivity index (χ4v) is 1.89. The van der Waals surface area contributed by atoms with Gasteiger partial charge in [0.1, 0.15) is 17.9 Å². The van der Waals surface area contributed by atoms with Crippen LogP contribution >= 0.6 is 0 Å². The van der Waals surface area contributed by atoms with Crippen molar-refractivity contribution in [2.75, 3.05) is 20.8 Å². The van der Waals surface area contributed by atoms with Crippen molar-refractivity contribution in [1.82, 2.24) is 5.32 Å². The van der Waals surface area contributed by atoms with Crippen LogP contribution in [0.3, 0.4) is 0 Å². The molecule has 0 aliphatic heterocycles. The van der Waals surface area contributed by atoms with Gasteiger partial charge in [-0.1, -0.05) is 39.0 Å². The van der Waals surface area contributed by atoms with Crippen LogP contribution in [0.5, 0.6) is 5.75 Å². The van der Waals surface area contributed by atoms with Gasteiger partial charge in [-0.15, -0.1) is 0 Å². The van der Waals surface area contributed by atoms with E-state index in [-0.39, 0.29) is 18.0 Å². The molecule has 0 aromatic heterocycles. The molecule has 112 valence electrons. The van der Waals surface area contributed by atoms with Gasteiger partial charge < -0.3 is 14.8 Å². The first-order chi connectivity index (χ1) is 9.24. The van der Waals surface area contributed by atoms with Crippen molar-refractivity contribution < 1.29 is 14.3 Å². The van der Waals surface area contributed by atoms with E-state index in [4.69, 9.17) is 9.47 Å². The molecule has 1 atom stereocenters. The zero-order valence-electron chi connectivity index (χ0n) is 13.2. The largest absolute Gasteiger partial charge is 0.491 e. The molecular formula is C16H25NO3. The van der Waals surface area contributed by atoms with Gasteiger partial charge in [-0.05, 0) is 31.0 Å². The lowest BCUT2D eigenvalue weighted by Gasteiger charge is -2.28. The lowest BCUT2D eigenvalue weighted by Crippen LogP contribution is -2.53. The highest BCUT2D eigenvalue weighted by molar-refractivity contribution is 5.80. The van der Waals surface area contributed by atoms with Gasteiger partial charge in [-0.25, -0.2) is 4.79 Å². The molecule has 1 rings (SSSR count). The van der Waals surface area contributed by atoms with E-state index in [0.717, 1.165) is 11.3 Å². The fraction of sp³-hybridized carbons (Fsp3) is 0.562. The van der Waals surface area contributed by atoms with Crippen LogP contribution in [0, 0.1) is 0 Å². The maximum Gasteiger partial charge on any atom is 0.329 e. The predicted molar refractivity (Wildman–Crippen MR) is 80.1 cm³/mol. The van der Waals surface area contributed by atoms with Crippen molar-refractivity contribution in [1.29, 1.82) is 0 Å². The number of nitrogens with one attached hydrogen (secondary N) is 1. The second-order valence-electron chi connectivity index (χ2n) is 6.11. The summed E-state index contributed by atoms with van der Waals surface area (Å²) < 4.78 is 10.7. The molecule has 0 bridgehead atoms. The maximum absolute atomic E-state index is 11.8. The molecule has 0 amide bonds. The molecule has 0 fully saturated rings. The van der Waals surface area contributed by atoms with Crippen LogP contribution in [0.4, 0.5) is 0 Å². The van der Waals surface area contributed by atoms with E-state index in [1.807, 2.05) is 24.3 Å². The summed E-state index contributed by atoms with van der Waals surface area (Å²) in [5.74, 6) is 0.457. The van der Waals surface area contributed by atoms with Crippen molar-refractivity contribution >= 4 is 5.97 Å². The van der Waals surface area contributed by atoms with Crippen LogP contribution in [0.2, 0.25) is 0 Å². The summed E-state index contributed by atoms with van der Waals surface area (Å²) in [4.78, 5) is 11.8. The van der Waals surface area contributed by atoms with Crippen molar-refractivity contribution in [3.63, 3.8) is 0 Å². The molecule has 1 aromatic rings. The Balaban J connectivity index is 2.93. The number of likely N-dealkylation sites (N-methyl/N-ethyl adjacent to an activating group) is 1. The van der Waals surface area contributed by atoms with Gasteiger partial charge in [0.2, 0.25) is 0 Å². The van der Waals surface area contributed by atoms with Crippen LogP contribution in [0.25, 0.3) is 0 Å². The first-order valence-electron chi connectivity index (χ1n) is 6.74. The lowest BCUT2D eigenvalue weighted by molar-refractivity contribution is -0.148. The highest BCUT2D eigenvalue weighted by atomic mass is 16.5. The highest BCUT2D eigenvalue weighted by Gasteiger charge is 2.34. The van der Waals surface area contributed by atoms with Gasteiger partial charge in [-0.3, -0.25) is 0 Å². The summed E-state index contributed by atoms with van der Waals surface area (Å²) in [6.07, 6.45) is 0. The molecule has 0 aliphatic rings. The highest BCUT2D eigenvalue weighted by Crippen LogP contribution is 2.31. The second kappa shape index (κ2) is 6.27. The number of hydrogen-bond acceptors (Lipinski definition) is 4. The quantitative estimate of drug-likeness (QED) is 0.841. The van der Waals surface area contributed by atoms with Crippen LogP contribution in [-0.2, 0) is 14.9 Å². The van der Waals surface area contributed by atoms with Crippen LogP contribution in [-0.4, -0.2) is 32.3 Å². The SMILES string of the molecule is CNC(C)(COc1ccccc1C(C)(C)C)C(=O)OC. The third kappa shape index (κ3) is 3.73. The third-order valence-corrected chi connectivity index (χ3v) is 3.40. The van der Waals surface area contributed by atoms with Gasteiger partial charge in [0, 0.05) is 0 Å². The first kappa shape index (κ1) is 16.5. The van der Waals surface area contributed by atoms with E-state index in [9.17, 15) is 4.79 Å². The van der Waals surface area contributed by atoms with Crippen molar-refractivity contribution in [2.24, 2.45) is 0 Å². The summed E-state index contributed by atoms with van der Waals surface area (Å²) in [6, 6.07) is 7.89. The number of benzene rings is 1. The van der Waals surface area contributed by atoms with E-state index in [1.165, 1.54) is 7.11 Å². The Bertz CT molecular complexity index is 465. The second-order valence-corrected chi connectivity index (χ2v) is 6.11. The molecule has 20 heavy (non-hydrogen) atoms. The fourth-order valence-electron chi connectivity index (χ4n) is 1.89. The molecule has 1 N–H and O–H groups in total. The van der Waals surface area contributed by atoms with E-state index in [0.29, 0.717) is 0 Å². The van der Waals surface area contributed by atoms with E-state index in [1.54, 1.807) is 14.0 Å². The van der Waals surface area contributed by atoms with Crippen molar-refractivity contribution in [2.45, 2.75) is 38.6 Å². The zero-order chi connectivity index (χ0) is 15.4. The Morgan fingerprint density at radius 1 is 1.20 bits per heavy atom. The van der Waals surface area contributed by atoms with Gasteiger partial charge in [0.25, 0.3) is 0 Å². The molecule has 0 spiro atoms. The average molecular weight is 279 g/mol. The Hall–Kier alpha value is -1.55. The Morgan fingerprint density at radius 3 is 2.30 bits per heavy atom. The summed E-state index contributed by atoms with van der Waals surface area (Å²) in [5.41, 5.74) is 0.237. The van der Waals surface area contributed by atoms with Crippen molar-refractivity contribution in [3.05, 3.63) is 29.8 Å². The normalized spacial score (nSPS) is 14.5. The molecular weight excluding hydrogens is 254 g/mol. The molecule has 0 aliphatic carbocycles. The topological polar surface area (TPSA) is 47.6 Å². The van der Waals surface area contributed by atoms with Crippen LogP contribution in [0.1, 0.15) is 33.3 Å². The number of rotatable bonds is 5. The number of ether oxygens (including phenoxy) is 2. The Kier molecular flexibility index (Phi) is 5.17. The van der Waals surface area contributed by atoms with E-state index >= 15 is 0 Å². The van der Waals surface area contributed by atoms with Gasteiger partial charge in [-0.2, -0.15) is 0 Å². The first-order valence-corrected chi connectivity index (χ1v) is 6.74. The number of carbonyl (C=O) groups is 1. The summed E-state index contributed by atoms with van der Waals surface area (Å²) >= 11 is 0. The number of esters is 1. The lowest BCUT2D eigenvalue weighted by atomic mass is 9.86. The number of hydrogen-bond donors (Lipinski definition) is 1. The molecule has 4 heteroatoms. The molecule has 4 nitrogen and oxygen atoms in total. The number of carbonyl (C=O) groups excluding carboxylic acids is 1. The molecule has 1 unspecified atom stereocenters. The van der Waals surface area contributed by atoms with E-state index < -0.39 is 5.54 Å². The Labute approximate surface area is 121 Å². The average Bonchev–Trinajstić information content (AvgIpc) is 2.43. The summed E-state index contributed by atoms with van der Waals surface area (Å²) in [5, 5.41) is 2.96. The smallest absolute Gasteiger partial charge is 0.329 e. The van der Waals surface area contributed by atoms with Crippen LogP contribution in [0.15, 0.2) is 24.3 Å². The molecule has 0 radical (unpaired) electrons. The monoisotopic (exact) mass is 279 g/mol. The predicted octanol–water partition coefficient (Wildman–Crippen LogP) is 2.51.